The largest absolute Gasteiger partial charge is 0.482 e. The molecule has 32 heavy (non-hydrogen) atoms. The van der Waals surface area contributed by atoms with Gasteiger partial charge >= 0.3 is 6.09 Å². The number of hydrogen-bond donors (Lipinski definition) is 0. The van der Waals surface area contributed by atoms with Crippen molar-refractivity contribution in [2.75, 3.05) is 20.2 Å². The Hall–Kier alpha value is -3.61. The van der Waals surface area contributed by atoms with Gasteiger partial charge in [-0.2, -0.15) is 5.26 Å². The number of aromatic nitrogens is 5. The molecule has 10 heteroatoms. The Morgan fingerprint density at radius 3 is 2.78 bits per heavy atom. The summed E-state index contributed by atoms with van der Waals surface area (Å²) in [4.78, 5) is 18.6. The van der Waals surface area contributed by atoms with E-state index in [1.54, 1.807) is 16.4 Å². The Morgan fingerprint density at radius 1 is 1.31 bits per heavy atom. The minimum atomic E-state index is -0.531. The predicted octanol–water partition coefficient (Wildman–Crippen LogP) is 3.35. The number of likely N-dealkylation sites (tertiary alicyclic amines) is 1. The fourth-order valence-electron chi connectivity index (χ4n) is 4.04. The van der Waals surface area contributed by atoms with Crippen LogP contribution in [-0.4, -0.2) is 61.2 Å². The molecular formula is C22H27N7O3. The van der Waals surface area contributed by atoms with Crippen molar-refractivity contribution in [3.8, 4) is 23.2 Å². The third-order valence-electron chi connectivity index (χ3n) is 5.49. The van der Waals surface area contributed by atoms with Crippen molar-refractivity contribution in [1.29, 1.82) is 5.26 Å². The number of piperidine rings is 1. The van der Waals surface area contributed by atoms with Crippen molar-refractivity contribution < 1.29 is 14.3 Å². The molecule has 1 aliphatic heterocycles. The highest BCUT2D eigenvalue weighted by Gasteiger charge is 2.30. The molecule has 0 radical (unpaired) electrons. The molecule has 1 aliphatic rings. The topological polar surface area (TPSA) is 111 Å². The number of methoxy groups -OCH3 is 1. The number of carbonyl (C=O) groups excluding carboxylic acids is 1. The van der Waals surface area contributed by atoms with Crippen LogP contribution in [0, 0.1) is 18.3 Å². The first-order chi connectivity index (χ1) is 15.2. The maximum atomic E-state index is 12.5. The molecule has 1 fully saturated rings. The molecule has 0 N–H and O–H groups in total. The van der Waals surface area contributed by atoms with E-state index in [-0.39, 0.29) is 12.1 Å². The lowest BCUT2D eigenvalue weighted by Gasteiger charge is -2.34. The Kier molecular flexibility index (Phi) is 5.50. The van der Waals surface area contributed by atoms with E-state index in [4.69, 9.17) is 9.47 Å². The van der Waals surface area contributed by atoms with Crippen LogP contribution in [0.3, 0.4) is 0 Å². The summed E-state index contributed by atoms with van der Waals surface area (Å²) in [6.07, 6.45) is 2.97. The van der Waals surface area contributed by atoms with Gasteiger partial charge in [0, 0.05) is 24.7 Å². The number of hydrogen-bond acceptors (Lipinski definition) is 7. The van der Waals surface area contributed by atoms with Crippen molar-refractivity contribution in [2.45, 2.75) is 52.2 Å². The molecule has 4 rings (SSSR count). The molecule has 0 aromatic carbocycles. The summed E-state index contributed by atoms with van der Waals surface area (Å²) in [6, 6.07) is 5.81. The van der Waals surface area contributed by atoms with E-state index < -0.39 is 5.60 Å². The molecule has 3 aromatic heterocycles. The van der Waals surface area contributed by atoms with Crippen LogP contribution in [0.1, 0.15) is 51.0 Å². The lowest BCUT2D eigenvalue weighted by molar-refractivity contribution is 0.0165. The highest BCUT2D eigenvalue weighted by atomic mass is 16.6. The van der Waals surface area contributed by atoms with E-state index in [0.29, 0.717) is 36.0 Å². The number of nitrogens with zero attached hydrogens (tertiary/aromatic N) is 7. The number of pyridine rings is 1. The van der Waals surface area contributed by atoms with Crippen molar-refractivity contribution in [1.82, 2.24) is 29.3 Å². The van der Waals surface area contributed by atoms with E-state index in [9.17, 15) is 10.1 Å². The average molecular weight is 438 g/mol. The number of amides is 1. The first-order valence-electron chi connectivity index (χ1n) is 10.6. The first kappa shape index (κ1) is 21.6. The summed E-state index contributed by atoms with van der Waals surface area (Å²) < 4.78 is 14.6. The van der Waals surface area contributed by atoms with Gasteiger partial charge in [0.2, 0.25) is 5.88 Å². The van der Waals surface area contributed by atoms with Crippen LogP contribution in [0.2, 0.25) is 0 Å². The van der Waals surface area contributed by atoms with Gasteiger partial charge in [-0.15, -0.1) is 5.10 Å². The molecule has 3 aromatic rings. The number of carbonyl (C=O) groups is 1. The van der Waals surface area contributed by atoms with E-state index in [0.717, 1.165) is 24.1 Å². The summed E-state index contributed by atoms with van der Waals surface area (Å²) in [7, 11) is 1.55. The SMILES string of the molecule is COc1cc(-c2nnn([C@H]3CCCN(C(=O)OC(C)(C)C)C3)c2C)cc2ncc(C#N)n12. The summed E-state index contributed by atoms with van der Waals surface area (Å²) in [6.45, 7) is 8.75. The zero-order valence-corrected chi connectivity index (χ0v) is 19.0. The van der Waals surface area contributed by atoms with Gasteiger partial charge in [-0.1, -0.05) is 5.21 Å². The highest BCUT2D eigenvalue weighted by Crippen LogP contribution is 2.31. The number of rotatable bonds is 3. The van der Waals surface area contributed by atoms with Crippen LogP contribution < -0.4 is 4.74 Å². The van der Waals surface area contributed by atoms with Crippen LogP contribution >= 0.6 is 0 Å². The van der Waals surface area contributed by atoms with Gasteiger partial charge in [0.1, 0.15) is 28.7 Å². The average Bonchev–Trinajstić information content (AvgIpc) is 3.35. The van der Waals surface area contributed by atoms with E-state index in [2.05, 4.69) is 21.4 Å². The molecule has 0 saturated carbocycles. The van der Waals surface area contributed by atoms with Crippen molar-refractivity contribution in [3.63, 3.8) is 0 Å². The number of nitriles is 1. The van der Waals surface area contributed by atoms with Crippen molar-refractivity contribution in [2.24, 2.45) is 0 Å². The van der Waals surface area contributed by atoms with Gasteiger partial charge < -0.3 is 14.4 Å². The zero-order valence-electron chi connectivity index (χ0n) is 19.0. The molecule has 0 bridgehead atoms. The fraction of sp³-hybridized carbons (Fsp3) is 0.500. The quantitative estimate of drug-likeness (QED) is 0.618. The monoisotopic (exact) mass is 437 g/mol. The van der Waals surface area contributed by atoms with E-state index >= 15 is 0 Å². The molecule has 168 valence electrons. The van der Waals surface area contributed by atoms with E-state index in [1.807, 2.05) is 44.5 Å². The maximum absolute atomic E-state index is 12.5. The lowest BCUT2D eigenvalue weighted by atomic mass is 10.1. The van der Waals surface area contributed by atoms with Gasteiger partial charge in [-0.05, 0) is 46.6 Å². The Balaban J connectivity index is 1.63. The minimum absolute atomic E-state index is 0.0137. The molecule has 10 nitrogen and oxygen atoms in total. The third kappa shape index (κ3) is 3.98. The summed E-state index contributed by atoms with van der Waals surface area (Å²) in [5.41, 5.74) is 2.86. The molecule has 1 saturated heterocycles. The summed E-state index contributed by atoms with van der Waals surface area (Å²) in [5, 5.41) is 18.1. The molecule has 1 amide bonds. The molecule has 0 spiro atoms. The molecule has 4 heterocycles. The van der Waals surface area contributed by atoms with Crippen LogP contribution in [-0.2, 0) is 4.74 Å². The van der Waals surface area contributed by atoms with Gasteiger partial charge in [-0.25, -0.2) is 14.5 Å². The minimum Gasteiger partial charge on any atom is -0.482 e. The second-order valence-electron chi connectivity index (χ2n) is 8.93. The van der Waals surface area contributed by atoms with Crippen LogP contribution in [0.4, 0.5) is 4.79 Å². The normalized spacial score (nSPS) is 16.8. The summed E-state index contributed by atoms with van der Waals surface area (Å²) in [5.74, 6) is 0.495. The van der Waals surface area contributed by atoms with Crippen LogP contribution in [0.15, 0.2) is 18.3 Å². The lowest BCUT2D eigenvalue weighted by Crippen LogP contribution is -2.43. The highest BCUT2D eigenvalue weighted by molar-refractivity contribution is 5.69. The van der Waals surface area contributed by atoms with Gasteiger partial charge in [0.05, 0.1) is 25.0 Å². The Morgan fingerprint density at radius 2 is 2.09 bits per heavy atom. The predicted molar refractivity (Wildman–Crippen MR) is 116 cm³/mol. The summed E-state index contributed by atoms with van der Waals surface area (Å²) >= 11 is 0. The van der Waals surface area contributed by atoms with Gasteiger partial charge in [0.15, 0.2) is 0 Å². The molecule has 0 unspecified atom stereocenters. The fourth-order valence-corrected chi connectivity index (χ4v) is 4.04. The zero-order chi connectivity index (χ0) is 23.0. The van der Waals surface area contributed by atoms with Gasteiger partial charge in [0.25, 0.3) is 0 Å². The number of fused-ring (bicyclic) bond motifs is 1. The standard InChI is InChI=1S/C22H27N7O3/c1-14-20(15-9-18-24-12-17(11-23)28(18)19(10-15)31-5)25-26-29(14)16-7-6-8-27(13-16)21(30)32-22(2,3)4/h9-10,12,16H,6-8,13H2,1-5H3/t16-/m0/s1. The smallest absolute Gasteiger partial charge is 0.410 e. The Bertz CT molecular complexity index is 1200. The second kappa shape index (κ2) is 8.15. The maximum Gasteiger partial charge on any atom is 0.410 e. The van der Waals surface area contributed by atoms with Crippen molar-refractivity contribution in [3.05, 3.63) is 29.7 Å². The Labute approximate surface area is 186 Å². The van der Waals surface area contributed by atoms with Crippen molar-refractivity contribution >= 4 is 11.7 Å². The molecule has 0 aliphatic carbocycles. The van der Waals surface area contributed by atoms with Crippen LogP contribution in [0.25, 0.3) is 16.9 Å². The second-order valence-corrected chi connectivity index (χ2v) is 8.93. The molecule has 1 atom stereocenters. The molecular weight excluding hydrogens is 410 g/mol. The van der Waals surface area contributed by atoms with Crippen LogP contribution in [0.5, 0.6) is 5.88 Å². The van der Waals surface area contributed by atoms with E-state index in [1.165, 1.54) is 6.20 Å². The van der Waals surface area contributed by atoms with Gasteiger partial charge in [-0.3, -0.25) is 4.40 Å². The number of ether oxygens (including phenoxy) is 2. The third-order valence-corrected chi connectivity index (χ3v) is 5.49. The number of imidazole rings is 1. The first-order valence-corrected chi connectivity index (χ1v) is 10.6.